The molecule has 0 saturated carbocycles. The molecule has 0 aromatic heterocycles. The standard InChI is InChI=1S/C30H34N4O7/c31-23(15-19-7-3-1-4-8-19)27(37)32-24(16-21-11-13-22(36)14-12-21)28(38)34-26(18-35)29(39)33-25(30(40)41)17-20-9-5-2-6-10-20/h1-14,23-26,35-36H,15-18,31H2,(H,32,37)(H,33,39)(H,34,38)(H,40,41). The van der Waals surface area contributed by atoms with E-state index < -0.39 is 54.5 Å². The molecule has 3 aromatic rings. The van der Waals surface area contributed by atoms with Gasteiger partial charge in [0.25, 0.3) is 0 Å². The molecule has 3 aromatic carbocycles. The Morgan fingerprint density at radius 2 is 1.05 bits per heavy atom. The van der Waals surface area contributed by atoms with Gasteiger partial charge < -0.3 is 37.0 Å². The van der Waals surface area contributed by atoms with Crippen molar-refractivity contribution in [2.45, 2.75) is 43.4 Å². The summed E-state index contributed by atoms with van der Waals surface area (Å²) in [5, 5.41) is 36.4. The average Bonchev–Trinajstić information content (AvgIpc) is 2.97. The van der Waals surface area contributed by atoms with Crippen LogP contribution in [0.4, 0.5) is 0 Å². The second-order valence-corrected chi connectivity index (χ2v) is 9.56. The second kappa shape index (κ2) is 15.2. The Labute approximate surface area is 237 Å². The molecule has 0 saturated heterocycles. The molecule has 0 bridgehead atoms. The third-order valence-electron chi connectivity index (χ3n) is 6.36. The molecule has 3 amide bonds. The van der Waals surface area contributed by atoms with E-state index in [-0.39, 0.29) is 25.0 Å². The van der Waals surface area contributed by atoms with Gasteiger partial charge in [-0.05, 0) is 35.2 Å². The molecule has 0 heterocycles. The minimum absolute atomic E-state index is 0.00710. The Balaban J connectivity index is 1.71. The number of aliphatic hydroxyl groups is 1. The van der Waals surface area contributed by atoms with Crippen molar-refractivity contribution in [3.05, 3.63) is 102 Å². The lowest BCUT2D eigenvalue weighted by Crippen LogP contribution is -2.58. The van der Waals surface area contributed by atoms with Gasteiger partial charge in [-0.2, -0.15) is 0 Å². The molecule has 8 N–H and O–H groups in total. The van der Waals surface area contributed by atoms with Gasteiger partial charge in [0.1, 0.15) is 23.9 Å². The number of aliphatic carboxylic acids is 1. The van der Waals surface area contributed by atoms with Gasteiger partial charge in [-0.1, -0.05) is 72.8 Å². The number of phenols is 1. The number of benzene rings is 3. The van der Waals surface area contributed by atoms with Crippen LogP contribution in [0.1, 0.15) is 16.7 Å². The van der Waals surface area contributed by atoms with Crippen LogP contribution in [0.3, 0.4) is 0 Å². The lowest BCUT2D eigenvalue weighted by Gasteiger charge is -2.24. The van der Waals surface area contributed by atoms with E-state index in [9.17, 15) is 34.5 Å². The number of nitrogens with one attached hydrogen (secondary N) is 3. The van der Waals surface area contributed by atoms with E-state index in [2.05, 4.69) is 16.0 Å². The van der Waals surface area contributed by atoms with Crippen molar-refractivity contribution in [1.29, 1.82) is 0 Å². The highest BCUT2D eigenvalue weighted by atomic mass is 16.4. The zero-order chi connectivity index (χ0) is 29.8. The first-order valence-corrected chi connectivity index (χ1v) is 13.0. The molecule has 0 fully saturated rings. The average molecular weight is 563 g/mol. The minimum atomic E-state index is -1.49. The summed E-state index contributed by atoms with van der Waals surface area (Å²) < 4.78 is 0. The molecule has 0 aliphatic rings. The Hall–Kier alpha value is -4.74. The lowest BCUT2D eigenvalue weighted by atomic mass is 10.0. The summed E-state index contributed by atoms with van der Waals surface area (Å²) in [4.78, 5) is 50.9. The topological polar surface area (TPSA) is 191 Å². The van der Waals surface area contributed by atoms with Gasteiger partial charge in [0.05, 0.1) is 12.6 Å². The predicted molar refractivity (Wildman–Crippen MR) is 151 cm³/mol. The smallest absolute Gasteiger partial charge is 0.326 e. The normalized spacial score (nSPS) is 13.7. The largest absolute Gasteiger partial charge is 0.508 e. The van der Waals surface area contributed by atoms with Crippen molar-refractivity contribution in [2.24, 2.45) is 5.73 Å². The number of aromatic hydroxyl groups is 1. The molecule has 4 atom stereocenters. The summed E-state index contributed by atoms with van der Waals surface area (Å²) in [6.07, 6.45) is 0.203. The van der Waals surface area contributed by atoms with Gasteiger partial charge in [-0.25, -0.2) is 4.79 Å². The number of carbonyl (C=O) groups excluding carboxylic acids is 3. The van der Waals surface area contributed by atoms with E-state index in [1.807, 2.05) is 30.3 Å². The maximum absolute atomic E-state index is 13.3. The number of rotatable bonds is 14. The van der Waals surface area contributed by atoms with Crippen LogP contribution in [0.15, 0.2) is 84.9 Å². The third kappa shape index (κ3) is 9.75. The van der Waals surface area contributed by atoms with E-state index >= 15 is 0 Å². The van der Waals surface area contributed by atoms with E-state index in [1.165, 1.54) is 12.1 Å². The molecule has 0 aliphatic carbocycles. The Morgan fingerprint density at radius 3 is 1.59 bits per heavy atom. The van der Waals surface area contributed by atoms with Gasteiger partial charge >= 0.3 is 5.97 Å². The molecule has 3 rings (SSSR count). The highest BCUT2D eigenvalue weighted by Crippen LogP contribution is 2.12. The fourth-order valence-corrected chi connectivity index (χ4v) is 4.11. The summed E-state index contributed by atoms with van der Waals surface area (Å²) in [5.41, 5.74) is 8.20. The zero-order valence-electron chi connectivity index (χ0n) is 22.3. The van der Waals surface area contributed by atoms with Crippen LogP contribution >= 0.6 is 0 Å². The summed E-state index contributed by atoms with van der Waals surface area (Å²) in [6, 6.07) is 18.8. The fraction of sp³-hybridized carbons (Fsp3) is 0.267. The van der Waals surface area contributed by atoms with Gasteiger partial charge in [-0.3, -0.25) is 14.4 Å². The van der Waals surface area contributed by atoms with Crippen LogP contribution in [0.2, 0.25) is 0 Å². The van der Waals surface area contributed by atoms with Gasteiger partial charge in [0, 0.05) is 12.8 Å². The number of carbonyl (C=O) groups is 4. The number of carboxylic acid groups (broad SMARTS) is 1. The predicted octanol–water partition coefficient (Wildman–Crippen LogP) is 0.279. The molecule has 0 aliphatic heterocycles. The SMILES string of the molecule is NC(Cc1ccccc1)C(=O)NC(Cc1ccc(O)cc1)C(=O)NC(CO)C(=O)NC(Cc1ccccc1)C(=O)O. The van der Waals surface area contributed by atoms with Gasteiger partial charge in [-0.15, -0.1) is 0 Å². The number of carboxylic acids is 1. The van der Waals surface area contributed by atoms with Crippen molar-refractivity contribution in [3.63, 3.8) is 0 Å². The number of hydrogen-bond donors (Lipinski definition) is 7. The van der Waals surface area contributed by atoms with Crippen molar-refractivity contribution in [1.82, 2.24) is 16.0 Å². The molecule has 41 heavy (non-hydrogen) atoms. The first-order valence-electron chi connectivity index (χ1n) is 13.0. The van der Waals surface area contributed by atoms with Crippen molar-refractivity contribution >= 4 is 23.7 Å². The molecule has 0 radical (unpaired) electrons. The number of amides is 3. The maximum atomic E-state index is 13.3. The molecule has 216 valence electrons. The highest BCUT2D eigenvalue weighted by molar-refractivity contribution is 5.94. The Bertz CT molecular complexity index is 1300. The summed E-state index contributed by atoms with van der Waals surface area (Å²) >= 11 is 0. The molecule has 0 spiro atoms. The monoisotopic (exact) mass is 562 g/mol. The van der Waals surface area contributed by atoms with E-state index in [0.29, 0.717) is 11.1 Å². The first kappa shape index (κ1) is 30.8. The van der Waals surface area contributed by atoms with E-state index in [1.54, 1.807) is 42.5 Å². The first-order chi connectivity index (χ1) is 19.7. The summed E-state index contributed by atoms with van der Waals surface area (Å²) in [5.74, 6) is -3.56. The molecular weight excluding hydrogens is 528 g/mol. The maximum Gasteiger partial charge on any atom is 0.326 e. The molecule has 11 heteroatoms. The molecule has 11 nitrogen and oxygen atoms in total. The Morgan fingerprint density at radius 1 is 0.610 bits per heavy atom. The van der Waals surface area contributed by atoms with Crippen molar-refractivity contribution in [3.8, 4) is 5.75 Å². The molecular formula is C30H34N4O7. The quantitative estimate of drug-likeness (QED) is 0.146. The van der Waals surface area contributed by atoms with Crippen molar-refractivity contribution in [2.75, 3.05) is 6.61 Å². The second-order valence-electron chi connectivity index (χ2n) is 9.56. The lowest BCUT2D eigenvalue weighted by molar-refractivity contribution is -0.142. The molecule has 4 unspecified atom stereocenters. The number of aliphatic hydroxyl groups excluding tert-OH is 1. The Kier molecular flexibility index (Phi) is 11.4. The van der Waals surface area contributed by atoms with E-state index in [0.717, 1.165) is 5.56 Å². The fourth-order valence-electron chi connectivity index (χ4n) is 4.11. The highest BCUT2D eigenvalue weighted by Gasteiger charge is 2.30. The van der Waals surface area contributed by atoms with Crippen molar-refractivity contribution < 1.29 is 34.5 Å². The van der Waals surface area contributed by atoms with Crippen LogP contribution in [-0.4, -0.2) is 69.8 Å². The van der Waals surface area contributed by atoms with Crippen LogP contribution in [0.5, 0.6) is 5.75 Å². The number of hydrogen-bond acceptors (Lipinski definition) is 7. The zero-order valence-corrected chi connectivity index (χ0v) is 22.3. The third-order valence-corrected chi connectivity index (χ3v) is 6.36. The summed E-state index contributed by atoms with van der Waals surface area (Å²) in [7, 11) is 0. The van der Waals surface area contributed by atoms with Crippen LogP contribution < -0.4 is 21.7 Å². The van der Waals surface area contributed by atoms with Gasteiger partial charge in [0.15, 0.2) is 0 Å². The van der Waals surface area contributed by atoms with Gasteiger partial charge in [0.2, 0.25) is 17.7 Å². The van der Waals surface area contributed by atoms with E-state index in [4.69, 9.17) is 5.73 Å². The number of nitrogens with two attached hydrogens (primary N) is 1. The summed E-state index contributed by atoms with van der Waals surface area (Å²) in [6.45, 7) is -0.817. The number of phenolic OH excluding ortho intramolecular Hbond substituents is 1. The minimum Gasteiger partial charge on any atom is -0.508 e. The van der Waals surface area contributed by atoms with Crippen LogP contribution in [0.25, 0.3) is 0 Å². The van der Waals surface area contributed by atoms with Crippen LogP contribution in [-0.2, 0) is 38.4 Å². The van der Waals surface area contributed by atoms with Crippen LogP contribution in [0, 0.1) is 0 Å².